The summed E-state index contributed by atoms with van der Waals surface area (Å²) in [6.07, 6.45) is 18.0. The Kier molecular flexibility index (Phi) is 9.73. The first kappa shape index (κ1) is 22.8. The van der Waals surface area contributed by atoms with E-state index in [2.05, 4.69) is 56.4 Å². The molecule has 0 unspecified atom stereocenters. The average molecular weight is 408 g/mol. The third-order valence-corrected chi connectivity index (χ3v) is 6.72. The quantitative estimate of drug-likeness (QED) is 0.329. The second kappa shape index (κ2) is 12.8. The van der Waals surface area contributed by atoms with Gasteiger partial charge in [0.1, 0.15) is 5.75 Å². The van der Waals surface area contributed by atoms with Crippen LogP contribution in [0.3, 0.4) is 0 Å². The molecule has 0 amide bonds. The molecule has 0 saturated heterocycles. The number of nitrogens with zero attached hydrogens (tertiary/aromatic N) is 1. The summed E-state index contributed by atoms with van der Waals surface area (Å²) in [5.41, 5.74) is 3.70. The molecule has 1 aliphatic rings. The van der Waals surface area contributed by atoms with E-state index < -0.39 is 0 Å². The minimum absolute atomic E-state index is 0.657. The summed E-state index contributed by atoms with van der Waals surface area (Å²) in [5, 5.41) is 0. The smallest absolute Gasteiger partial charge is 0.119 e. The van der Waals surface area contributed by atoms with E-state index in [4.69, 9.17) is 9.72 Å². The average Bonchev–Trinajstić information content (AvgIpc) is 2.80. The number of hydrogen-bond acceptors (Lipinski definition) is 2. The number of rotatable bonds is 12. The second-order valence-electron chi connectivity index (χ2n) is 9.12. The summed E-state index contributed by atoms with van der Waals surface area (Å²) in [6, 6.07) is 13.0. The zero-order valence-corrected chi connectivity index (χ0v) is 19.2. The van der Waals surface area contributed by atoms with E-state index in [9.17, 15) is 0 Å². The van der Waals surface area contributed by atoms with E-state index in [0.717, 1.165) is 24.7 Å². The molecule has 0 bridgehead atoms. The number of hydrogen-bond donors (Lipinski definition) is 0. The van der Waals surface area contributed by atoms with Gasteiger partial charge in [0, 0.05) is 23.4 Å². The Hall–Kier alpha value is -1.83. The fraction of sp³-hybridized carbons (Fsp3) is 0.607. The summed E-state index contributed by atoms with van der Waals surface area (Å²) in [7, 11) is 0. The highest BCUT2D eigenvalue weighted by molar-refractivity contribution is 5.63. The largest absolute Gasteiger partial charge is 0.494 e. The zero-order valence-electron chi connectivity index (χ0n) is 19.2. The van der Waals surface area contributed by atoms with Crippen LogP contribution in [0.2, 0.25) is 0 Å². The fourth-order valence-electron chi connectivity index (χ4n) is 4.71. The molecule has 3 rings (SSSR count). The van der Waals surface area contributed by atoms with Crippen LogP contribution < -0.4 is 4.74 Å². The van der Waals surface area contributed by atoms with Crippen LogP contribution in [0.15, 0.2) is 42.6 Å². The van der Waals surface area contributed by atoms with Crippen molar-refractivity contribution >= 4 is 0 Å². The van der Waals surface area contributed by atoms with Gasteiger partial charge in [-0.05, 0) is 61.8 Å². The normalized spacial score (nSPS) is 19.0. The molecular weight excluding hydrogens is 366 g/mol. The summed E-state index contributed by atoms with van der Waals surface area (Å²) in [6.45, 7) is 5.35. The van der Waals surface area contributed by atoms with Crippen molar-refractivity contribution in [2.24, 2.45) is 5.92 Å². The molecule has 1 fully saturated rings. The summed E-state index contributed by atoms with van der Waals surface area (Å²) in [5.74, 6) is 2.58. The van der Waals surface area contributed by atoms with Crippen LogP contribution in [-0.2, 0) is 0 Å². The van der Waals surface area contributed by atoms with Crippen molar-refractivity contribution in [2.45, 2.75) is 96.8 Å². The summed E-state index contributed by atoms with van der Waals surface area (Å²) in [4.78, 5) is 4.85. The first-order chi connectivity index (χ1) is 14.8. The summed E-state index contributed by atoms with van der Waals surface area (Å²) >= 11 is 0. The fourth-order valence-corrected chi connectivity index (χ4v) is 4.71. The molecule has 0 aliphatic heterocycles. The number of ether oxygens (including phenoxy) is 1. The maximum atomic E-state index is 5.87. The lowest BCUT2D eigenvalue weighted by molar-refractivity contribution is 0.300. The van der Waals surface area contributed by atoms with Gasteiger partial charge in [0.05, 0.1) is 6.61 Å². The zero-order chi connectivity index (χ0) is 21.0. The highest BCUT2D eigenvalue weighted by Gasteiger charge is 2.22. The minimum Gasteiger partial charge on any atom is -0.494 e. The van der Waals surface area contributed by atoms with Crippen molar-refractivity contribution < 1.29 is 4.74 Å². The molecule has 1 aromatic heterocycles. The van der Waals surface area contributed by atoms with Crippen molar-refractivity contribution in [1.29, 1.82) is 0 Å². The molecule has 1 aromatic carbocycles. The number of pyridine rings is 1. The van der Waals surface area contributed by atoms with E-state index in [1.54, 1.807) is 0 Å². The molecule has 2 nitrogen and oxygen atoms in total. The van der Waals surface area contributed by atoms with Gasteiger partial charge in [-0.2, -0.15) is 0 Å². The molecule has 1 saturated carbocycles. The SMILES string of the molecule is CCCCCCOc1ccc(-c2ccc(C3CCC(CCCCC)CC3)nc2)cc1. The highest BCUT2D eigenvalue weighted by Crippen LogP contribution is 2.37. The first-order valence-corrected chi connectivity index (χ1v) is 12.5. The van der Waals surface area contributed by atoms with E-state index in [1.165, 1.54) is 87.4 Å². The molecule has 0 N–H and O–H groups in total. The van der Waals surface area contributed by atoms with Crippen LogP contribution in [0.4, 0.5) is 0 Å². The van der Waals surface area contributed by atoms with Crippen molar-refractivity contribution in [3.05, 3.63) is 48.3 Å². The monoisotopic (exact) mass is 407 g/mol. The molecule has 0 radical (unpaired) electrons. The van der Waals surface area contributed by atoms with Crippen molar-refractivity contribution in [3.8, 4) is 16.9 Å². The lowest BCUT2D eigenvalue weighted by Gasteiger charge is -2.28. The second-order valence-corrected chi connectivity index (χ2v) is 9.12. The maximum Gasteiger partial charge on any atom is 0.119 e. The van der Waals surface area contributed by atoms with E-state index in [1.807, 2.05) is 0 Å². The Morgan fingerprint density at radius 2 is 1.47 bits per heavy atom. The molecule has 30 heavy (non-hydrogen) atoms. The van der Waals surface area contributed by atoms with Gasteiger partial charge in [0.15, 0.2) is 0 Å². The topological polar surface area (TPSA) is 22.1 Å². The molecular formula is C28H41NO. The van der Waals surface area contributed by atoms with Gasteiger partial charge < -0.3 is 4.74 Å². The minimum atomic E-state index is 0.657. The lowest BCUT2D eigenvalue weighted by atomic mass is 9.78. The van der Waals surface area contributed by atoms with E-state index in [0.29, 0.717) is 5.92 Å². The highest BCUT2D eigenvalue weighted by atomic mass is 16.5. The van der Waals surface area contributed by atoms with Crippen molar-refractivity contribution in [1.82, 2.24) is 4.98 Å². The van der Waals surface area contributed by atoms with Gasteiger partial charge in [-0.25, -0.2) is 0 Å². The Balaban J connectivity index is 1.46. The van der Waals surface area contributed by atoms with Gasteiger partial charge in [0.25, 0.3) is 0 Å². The maximum absolute atomic E-state index is 5.87. The molecule has 164 valence electrons. The number of unbranched alkanes of at least 4 members (excludes halogenated alkanes) is 5. The molecule has 0 atom stereocenters. The molecule has 1 heterocycles. The van der Waals surface area contributed by atoms with E-state index >= 15 is 0 Å². The van der Waals surface area contributed by atoms with Crippen LogP contribution in [0.1, 0.15) is 103 Å². The Bertz CT molecular complexity index is 698. The van der Waals surface area contributed by atoms with Gasteiger partial charge in [-0.1, -0.05) is 77.0 Å². The molecule has 2 heteroatoms. The standard InChI is InChI=1S/C28H41NO/c1-3-5-7-9-21-30-27-18-15-24(16-19-27)26-17-20-28(29-22-26)25-13-11-23(12-14-25)10-8-6-4-2/h15-20,22-23,25H,3-14,21H2,1-2H3. The van der Waals surface area contributed by atoms with Crippen molar-refractivity contribution in [2.75, 3.05) is 6.61 Å². The van der Waals surface area contributed by atoms with Crippen LogP contribution >= 0.6 is 0 Å². The molecule has 2 aromatic rings. The van der Waals surface area contributed by atoms with Crippen molar-refractivity contribution in [3.63, 3.8) is 0 Å². The lowest BCUT2D eigenvalue weighted by Crippen LogP contribution is -2.14. The predicted molar refractivity (Wildman–Crippen MR) is 128 cm³/mol. The van der Waals surface area contributed by atoms with Gasteiger partial charge >= 0.3 is 0 Å². The molecule has 0 spiro atoms. The van der Waals surface area contributed by atoms with Crippen LogP contribution in [-0.4, -0.2) is 11.6 Å². The van der Waals surface area contributed by atoms with Crippen LogP contribution in [0, 0.1) is 5.92 Å². The Morgan fingerprint density at radius 3 is 2.13 bits per heavy atom. The van der Waals surface area contributed by atoms with Gasteiger partial charge in [0.2, 0.25) is 0 Å². The van der Waals surface area contributed by atoms with Crippen LogP contribution in [0.5, 0.6) is 5.75 Å². The van der Waals surface area contributed by atoms with E-state index in [-0.39, 0.29) is 0 Å². The third-order valence-electron chi connectivity index (χ3n) is 6.72. The van der Waals surface area contributed by atoms with Crippen LogP contribution in [0.25, 0.3) is 11.1 Å². The predicted octanol–water partition coefficient (Wildman–Crippen LogP) is 8.56. The number of benzene rings is 1. The molecule has 1 aliphatic carbocycles. The third kappa shape index (κ3) is 7.15. The van der Waals surface area contributed by atoms with Gasteiger partial charge in [-0.3, -0.25) is 4.98 Å². The summed E-state index contributed by atoms with van der Waals surface area (Å²) < 4.78 is 5.87. The Morgan fingerprint density at radius 1 is 0.767 bits per heavy atom. The van der Waals surface area contributed by atoms with Gasteiger partial charge in [-0.15, -0.1) is 0 Å². The number of aromatic nitrogens is 1. The first-order valence-electron chi connectivity index (χ1n) is 12.5. The Labute approximate surface area is 184 Å².